The second kappa shape index (κ2) is 4.00. The molecule has 0 fully saturated rings. The zero-order valence-corrected chi connectivity index (χ0v) is 9.77. The Balaban J connectivity index is 3.32. The van der Waals surface area contributed by atoms with Gasteiger partial charge in [0.05, 0.1) is 0 Å². The van der Waals surface area contributed by atoms with Crippen molar-refractivity contribution in [1.29, 1.82) is 0 Å². The lowest BCUT2D eigenvalue weighted by Crippen LogP contribution is -2.24. The van der Waals surface area contributed by atoms with Crippen LogP contribution in [0.2, 0.25) is 0 Å². The van der Waals surface area contributed by atoms with Crippen LogP contribution in [-0.2, 0) is 12.0 Å². The van der Waals surface area contributed by atoms with Gasteiger partial charge in [0.2, 0.25) is 4.80 Å². The molecular weight excluding hydrogens is 194 g/mol. The molecule has 0 spiro atoms. The molecule has 0 saturated heterocycles. The summed E-state index contributed by atoms with van der Waals surface area (Å²) in [4.78, 5) is 0.842. The van der Waals surface area contributed by atoms with Gasteiger partial charge in [0.1, 0.15) is 0 Å². The lowest BCUT2D eigenvalue weighted by Gasteiger charge is -2.20. The van der Waals surface area contributed by atoms with Gasteiger partial charge in [-0.1, -0.05) is 26.8 Å². The molecule has 78 valence electrons. The van der Waals surface area contributed by atoms with Gasteiger partial charge in [-0.15, -0.1) is 17.9 Å². The highest BCUT2D eigenvalue weighted by Crippen LogP contribution is 2.22. The first-order valence-electron chi connectivity index (χ1n) is 4.54. The first kappa shape index (κ1) is 11.0. The highest BCUT2D eigenvalue weighted by atomic mass is 32.1. The minimum Gasteiger partial charge on any atom is -0.320 e. The van der Waals surface area contributed by atoms with Gasteiger partial charge in [-0.3, -0.25) is 0 Å². The molecule has 14 heavy (non-hydrogen) atoms. The third kappa shape index (κ3) is 2.07. The summed E-state index contributed by atoms with van der Waals surface area (Å²) >= 11 is 1.57. The summed E-state index contributed by atoms with van der Waals surface area (Å²) in [6.45, 7) is 11.0. The third-order valence-corrected chi connectivity index (χ3v) is 2.87. The van der Waals surface area contributed by atoms with Crippen molar-refractivity contribution in [2.45, 2.75) is 32.7 Å². The predicted molar refractivity (Wildman–Crippen MR) is 61.0 cm³/mol. The summed E-state index contributed by atoms with van der Waals surface area (Å²) in [5, 5.41) is 5.86. The van der Waals surface area contributed by atoms with Crippen molar-refractivity contribution in [3.05, 3.63) is 28.5 Å². The quantitative estimate of drug-likeness (QED) is 0.452. The Morgan fingerprint density at radius 3 is 2.71 bits per heavy atom. The van der Waals surface area contributed by atoms with Crippen LogP contribution in [0.4, 0.5) is 0 Å². The van der Waals surface area contributed by atoms with Crippen LogP contribution in [0.15, 0.2) is 23.1 Å². The molecule has 4 heteroatoms. The van der Waals surface area contributed by atoms with E-state index in [0.717, 1.165) is 11.3 Å². The van der Waals surface area contributed by atoms with Gasteiger partial charge in [-0.25, -0.2) is 0 Å². The average molecular weight is 211 g/mol. The zero-order valence-electron chi connectivity index (χ0n) is 8.95. The van der Waals surface area contributed by atoms with Gasteiger partial charge in [-0.2, -0.15) is 5.10 Å². The first-order chi connectivity index (χ1) is 6.50. The van der Waals surface area contributed by atoms with Gasteiger partial charge in [0, 0.05) is 23.0 Å². The van der Waals surface area contributed by atoms with Crippen LogP contribution in [-0.4, -0.2) is 4.57 Å². The molecule has 0 radical (unpaired) electrons. The van der Waals surface area contributed by atoms with Crippen molar-refractivity contribution in [2.75, 3.05) is 0 Å². The Morgan fingerprint density at radius 2 is 2.29 bits per heavy atom. The van der Waals surface area contributed by atoms with E-state index in [1.165, 1.54) is 5.69 Å². The number of hydrogen-bond donors (Lipinski definition) is 1. The van der Waals surface area contributed by atoms with E-state index in [4.69, 9.17) is 5.84 Å². The van der Waals surface area contributed by atoms with Crippen molar-refractivity contribution in [3.8, 4) is 0 Å². The Morgan fingerprint density at radius 1 is 1.64 bits per heavy atom. The van der Waals surface area contributed by atoms with Crippen molar-refractivity contribution in [1.82, 2.24) is 4.57 Å². The molecule has 0 atom stereocenters. The molecule has 2 N–H and O–H groups in total. The lowest BCUT2D eigenvalue weighted by atomic mass is 9.93. The van der Waals surface area contributed by atoms with Crippen LogP contribution in [0.1, 0.15) is 26.5 Å². The molecule has 1 rings (SSSR count). The largest absolute Gasteiger partial charge is 0.320 e. The molecule has 1 aromatic rings. The lowest BCUT2D eigenvalue weighted by molar-refractivity contribution is 0.526. The second-order valence-corrected chi connectivity index (χ2v) is 5.02. The summed E-state index contributed by atoms with van der Waals surface area (Å²) < 4.78 is 2.09. The molecule has 0 aliphatic rings. The first-order valence-corrected chi connectivity index (χ1v) is 5.42. The molecule has 0 aliphatic carbocycles. The van der Waals surface area contributed by atoms with E-state index in [-0.39, 0.29) is 5.41 Å². The van der Waals surface area contributed by atoms with Crippen LogP contribution in [0.5, 0.6) is 0 Å². The predicted octanol–water partition coefficient (Wildman–Crippen LogP) is 1.81. The number of nitrogens with two attached hydrogens (primary N) is 1. The monoisotopic (exact) mass is 211 g/mol. The van der Waals surface area contributed by atoms with Crippen molar-refractivity contribution in [3.63, 3.8) is 0 Å². The summed E-state index contributed by atoms with van der Waals surface area (Å²) in [5.41, 5.74) is 1.36. The summed E-state index contributed by atoms with van der Waals surface area (Å²) in [6.07, 6.45) is 1.86. The Kier molecular flexibility index (Phi) is 3.16. The van der Waals surface area contributed by atoms with E-state index < -0.39 is 0 Å². The normalized spacial score (nSPS) is 13.2. The van der Waals surface area contributed by atoms with E-state index in [9.17, 15) is 0 Å². The topological polar surface area (TPSA) is 43.3 Å². The molecule has 0 unspecified atom stereocenters. The molecule has 0 saturated carbocycles. The van der Waals surface area contributed by atoms with E-state index in [0.29, 0.717) is 0 Å². The van der Waals surface area contributed by atoms with Crippen molar-refractivity contribution in [2.24, 2.45) is 10.9 Å². The molecule has 0 bridgehead atoms. The Labute approximate surface area is 88.6 Å². The minimum absolute atomic E-state index is 0.114. The van der Waals surface area contributed by atoms with Gasteiger partial charge in [0.15, 0.2) is 0 Å². The molecular formula is C10H17N3S. The number of thiazole rings is 1. The van der Waals surface area contributed by atoms with Gasteiger partial charge < -0.3 is 10.4 Å². The van der Waals surface area contributed by atoms with Crippen LogP contribution in [0.3, 0.4) is 0 Å². The van der Waals surface area contributed by atoms with E-state index in [1.54, 1.807) is 11.3 Å². The Bertz CT molecular complexity index is 379. The fourth-order valence-corrected chi connectivity index (χ4v) is 2.38. The zero-order chi connectivity index (χ0) is 10.8. The Hall–Kier alpha value is -1.03. The van der Waals surface area contributed by atoms with Crippen LogP contribution in [0.25, 0.3) is 0 Å². The van der Waals surface area contributed by atoms with E-state index in [2.05, 4.69) is 42.4 Å². The number of allylic oxidation sites excluding steroid dienone is 1. The summed E-state index contributed by atoms with van der Waals surface area (Å²) in [5.74, 6) is 5.32. The maximum Gasteiger partial charge on any atom is 0.208 e. The molecule has 0 aliphatic heterocycles. The molecule has 3 nitrogen and oxygen atoms in total. The van der Waals surface area contributed by atoms with Crippen molar-refractivity contribution < 1.29 is 0 Å². The van der Waals surface area contributed by atoms with Crippen LogP contribution < -0.4 is 10.6 Å². The maximum absolute atomic E-state index is 5.32. The third-order valence-electron chi connectivity index (χ3n) is 1.99. The standard InChI is InChI=1S/C10H17N3S/c1-5-6-13-8(10(2,3)4)7-14-9(13)12-11/h5,7H,1,6,11H2,2-4H3/b12-9+. The molecule has 1 aromatic heterocycles. The fraction of sp³-hybridized carbons (Fsp3) is 0.500. The fourth-order valence-electron chi connectivity index (χ4n) is 1.33. The number of nitrogens with zero attached hydrogens (tertiary/aromatic N) is 2. The van der Waals surface area contributed by atoms with E-state index in [1.807, 2.05) is 6.08 Å². The maximum atomic E-state index is 5.32. The van der Waals surface area contributed by atoms with E-state index >= 15 is 0 Å². The highest BCUT2D eigenvalue weighted by Gasteiger charge is 2.18. The smallest absolute Gasteiger partial charge is 0.208 e. The average Bonchev–Trinajstić information content (AvgIpc) is 2.47. The minimum atomic E-state index is 0.114. The number of rotatable bonds is 2. The van der Waals surface area contributed by atoms with Crippen molar-refractivity contribution >= 4 is 11.3 Å². The highest BCUT2D eigenvalue weighted by molar-refractivity contribution is 7.07. The molecule has 0 amide bonds. The number of hydrogen-bond acceptors (Lipinski definition) is 3. The number of aromatic nitrogens is 1. The second-order valence-electron chi connectivity index (χ2n) is 4.18. The van der Waals surface area contributed by atoms with Gasteiger partial charge >= 0.3 is 0 Å². The summed E-state index contributed by atoms with van der Waals surface area (Å²) in [7, 11) is 0. The van der Waals surface area contributed by atoms with Crippen LogP contribution in [0, 0.1) is 0 Å². The van der Waals surface area contributed by atoms with Gasteiger partial charge in [-0.05, 0) is 0 Å². The molecule has 0 aromatic carbocycles. The molecule has 1 heterocycles. The summed E-state index contributed by atoms with van der Waals surface area (Å²) in [6, 6.07) is 0. The van der Waals surface area contributed by atoms with Crippen LogP contribution >= 0.6 is 11.3 Å². The SMILES string of the molecule is C=CCn1c(C(C)(C)C)cs/c1=N/N. The van der Waals surface area contributed by atoms with Gasteiger partial charge in [0.25, 0.3) is 0 Å².